The lowest BCUT2D eigenvalue weighted by Crippen LogP contribution is -2.00. The molecule has 0 aliphatic heterocycles. The summed E-state index contributed by atoms with van der Waals surface area (Å²) < 4.78 is 12.9. The lowest BCUT2D eigenvalue weighted by molar-refractivity contribution is 0.669. The zero-order valence-electron chi connectivity index (χ0n) is 26.7. The number of hydrogen-bond acceptors (Lipinski definition) is 5. The predicted molar refractivity (Wildman–Crippen MR) is 202 cm³/mol. The van der Waals surface area contributed by atoms with Gasteiger partial charge in [0.15, 0.2) is 17.5 Å². The van der Waals surface area contributed by atoms with Gasteiger partial charge in [-0.25, -0.2) is 15.0 Å². The summed E-state index contributed by atoms with van der Waals surface area (Å²) in [7, 11) is 0. The molecule has 0 aliphatic carbocycles. The second kappa shape index (κ2) is 11.4. The molecule has 7 aromatic carbocycles. The Morgan fingerprint density at radius 2 is 0.800 bits per heavy atom. The number of benzene rings is 7. The summed E-state index contributed by atoms with van der Waals surface area (Å²) in [6, 6.07) is 55.7. The van der Waals surface area contributed by atoms with Crippen LogP contribution in [-0.4, -0.2) is 15.0 Å². The lowest BCUT2D eigenvalue weighted by atomic mass is 9.92. The number of aromatic nitrogens is 3. The molecule has 50 heavy (non-hydrogen) atoms. The van der Waals surface area contributed by atoms with Crippen molar-refractivity contribution in [3.8, 4) is 56.4 Å². The first-order valence-corrected chi connectivity index (χ1v) is 16.6. The maximum atomic E-state index is 6.54. The highest BCUT2D eigenvalue weighted by Crippen LogP contribution is 2.42. The Kier molecular flexibility index (Phi) is 6.42. The molecule has 0 unspecified atom stereocenters. The summed E-state index contributed by atoms with van der Waals surface area (Å²) in [4.78, 5) is 15.2. The van der Waals surface area contributed by atoms with Crippen molar-refractivity contribution in [2.45, 2.75) is 0 Å². The van der Waals surface area contributed by atoms with Crippen molar-refractivity contribution >= 4 is 43.9 Å². The molecule has 10 aromatic rings. The molecule has 234 valence electrons. The first kappa shape index (κ1) is 28.2. The summed E-state index contributed by atoms with van der Waals surface area (Å²) in [6.45, 7) is 0. The van der Waals surface area contributed by atoms with Crippen molar-refractivity contribution in [1.82, 2.24) is 15.0 Å². The molecule has 0 amide bonds. The van der Waals surface area contributed by atoms with Crippen LogP contribution in [0.25, 0.3) is 100 Å². The average molecular weight is 642 g/mol. The molecular formula is C45H27N3O2. The van der Waals surface area contributed by atoms with Crippen molar-refractivity contribution in [3.05, 3.63) is 164 Å². The van der Waals surface area contributed by atoms with Crippen molar-refractivity contribution in [3.63, 3.8) is 0 Å². The molecule has 0 spiro atoms. The minimum absolute atomic E-state index is 0.585. The van der Waals surface area contributed by atoms with E-state index in [1.54, 1.807) is 0 Å². The highest BCUT2D eigenvalue weighted by atomic mass is 16.3. The molecule has 0 bridgehead atoms. The number of rotatable bonds is 5. The van der Waals surface area contributed by atoms with Crippen LogP contribution in [0.15, 0.2) is 173 Å². The maximum absolute atomic E-state index is 6.54. The fourth-order valence-electron chi connectivity index (χ4n) is 7.00. The van der Waals surface area contributed by atoms with Crippen LogP contribution in [0.4, 0.5) is 0 Å². The smallest absolute Gasteiger partial charge is 0.164 e. The molecule has 0 saturated heterocycles. The molecule has 0 N–H and O–H groups in total. The van der Waals surface area contributed by atoms with Crippen LogP contribution in [0.3, 0.4) is 0 Å². The van der Waals surface area contributed by atoms with E-state index < -0.39 is 0 Å². The van der Waals surface area contributed by atoms with Gasteiger partial charge in [-0.1, -0.05) is 127 Å². The Balaban J connectivity index is 1.27. The van der Waals surface area contributed by atoms with Gasteiger partial charge in [-0.2, -0.15) is 0 Å². The Hall–Kier alpha value is -6.85. The van der Waals surface area contributed by atoms with Crippen molar-refractivity contribution in [1.29, 1.82) is 0 Å². The second-order valence-corrected chi connectivity index (χ2v) is 12.4. The number of para-hydroxylation sites is 3. The van der Waals surface area contributed by atoms with Gasteiger partial charge in [0.1, 0.15) is 22.3 Å². The Labute approximate surface area is 287 Å². The average Bonchev–Trinajstić information content (AvgIpc) is 3.77. The van der Waals surface area contributed by atoms with Gasteiger partial charge in [0, 0.05) is 43.8 Å². The normalized spacial score (nSPS) is 11.6. The van der Waals surface area contributed by atoms with Gasteiger partial charge in [-0.05, 0) is 53.1 Å². The van der Waals surface area contributed by atoms with E-state index in [9.17, 15) is 0 Å². The summed E-state index contributed by atoms with van der Waals surface area (Å²) in [6.07, 6.45) is 0. The maximum Gasteiger partial charge on any atom is 0.164 e. The van der Waals surface area contributed by atoms with Crippen molar-refractivity contribution < 1.29 is 8.83 Å². The van der Waals surface area contributed by atoms with E-state index in [0.29, 0.717) is 17.5 Å². The summed E-state index contributed by atoms with van der Waals surface area (Å²) in [5, 5.41) is 4.31. The summed E-state index contributed by atoms with van der Waals surface area (Å²) >= 11 is 0. The zero-order chi connectivity index (χ0) is 33.0. The van der Waals surface area contributed by atoms with Gasteiger partial charge in [0.2, 0.25) is 0 Å². The van der Waals surface area contributed by atoms with Gasteiger partial charge in [-0.3, -0.25) is 0 Å². The highest BCUT2D eigenvalue weighted by molar-refractivity contribution is 6.13. The number of nitrogens with zero attached hydrogens (tertiary/aromatic N) is 3. The van der Waals surface area contributed by atoms with E-state index >= 15 is 0 Å². The number of fused-ring (bicyclic) bond motifs is 6. The third-order valence-corrected chi connectivity index (χ3v) is 9.32. The van der Waals surface area contributed by atoms with E-state index in [-0.39, 0.29) is 0 Å². The molecule has 3 heterocycles. The third kappa shape index (κ3) is 4.67. The predicted octanol–water partition coefficient (Wildman–Crippen LogP) is 12.0. The molecule has 0 radical (unpaired) electrons. The molecule has 0 aliphatic rings. The monoisotopic (exact) mass is 641 g/mol. The first-order valence-electron chi connectivity index (χ1n) is 16.6. The summed E-state index contributed by atoms with van der Waals surface area (Å²) in [5.74, 6) is 1.81. The molecule has 10 rings (SSSR count). The molecule has 0 atom stereocenters. The molecule has 5 heteroatoms. The van der Waals surface area contributed by atoms with Crippen molar-refractivity contribution in [2.75, 3.05) is 0 Å². The van der Waals surface area contributed by atoms with Crippen LogP contribution < -0.4 is 0 Å². The molecular weight excluding hydrogens is 615 g/mol. The third-order valence-electron chi connectivity index (χ3n) is 9.32. The molecule has 0 fully saturated rings. The van der Waals surface area contributed by atoms with Crippen molar-refractivity contribution in [2.24, 2.45) is 0 Å². The fourth-order valence-corrected chi connectivity index (χ4v) is 7.00. The van der Waals surface area contributed by atoms with Gasteiger partial charge < -0.3 is 8.83 Å². The Morgan fingerprint density at radius 1 is 0.320 bits per heavy atom. The van der Waals surface area contributed by atoms with Gasteiger partial charge >= 0.3 is 0 Å². The first-order chi connectivity index (χ1) is 24.8. The highest BCUT2D eigenvalue weighted by Gasteiger charge is 2.19. The molecule has 3 aromatic heterocycles. The topological polar surface area (TPSA) is 65.0 Å². The van der Waals surface area contributed by atoms with E-state index in [0.717, 1.165) is 82.8 Å². The zero-order valence-corrected chi connectivity index (χ0v) is 26.7. The van der Waals surface area contributed by atoms with E-state index in [1.807, 2.05) is 97.1 Å². The lowest BCUT2D eigenvalue weighted by Gasteiger charge is -2.13. The molecule has 0 saturated carbocycles. The van der Waals surface area contributed by atoms with E-state index in [4.69, 9.17) is 23.8 Å². The van der Waals surface area contributed by atoms with Crippen LogP contribution in [-0.2, 0) is 0 Å². The SMILES string of the molecule is c1ccc(-c2nc(-c3ccccc3)nc(-c3cc(-c4cccc5c4oc4ccccc45)cc(-c4cccc5oc6ccccc6c45)c3)n2)cc1. The standard InChI is InChI=1S/C45H27N3O2/c1-3-13-28(14-4-1)43-46-44(29-15-5-2-6-16-29)48-45(47-43)32-26-30(33-19-12-24-40-41(33)37-18-8-10-23-39(37)49-40)25-31(27-32)34-20-11-21-36-35-17-7-9-22-38(35)50-42(34)36/h1-27H. The minimum atomic E-state index is 0.585. The molecule has 5 nitrogen and oxygen atoms in total. The largest absolute Gasteiger partial charge is 0.456 e. The minimum Gasteiger partial charge on any atom is -0.456 e. The van der Waals surface area contributed by atoms with Crippen LogP contribution in [0.5, 0.6) is 0 Å². The number of hydrogen-bond donors (Lipinski definition) is 0. The Bertz CT molecular complexity index is 2810. The van der Waals surface area contributed by atoms with Crippen LogP contribution in [0.1, 0.15) is 0 Å². The van der Waals surface area contributed by atoms with Gasteiger partial charge in [0.25, 0.3) is 0 Å². The van der Waals surface area contributed by atoms with E-state index in [1.165, 1.54) is 0 Å². The van der Waals surface area contributed by atoms with Crippen LogP contribution >= 0.6 is 0 Å². The second-order valence-electron chi connectivity index (χ2n) is 12.4. The Morgan fingerprint density at radius 3 is 1.50 bits per heavy atom. The number of furan rings is 2. The van der Waals surface area contributed by atoms with Crippen LogP contribution in [0.2, 0.25) is 0 Å². The fraction of sp³-hybridized carbons (Fsp3) is 0. The quantitative estimate of drug-likeness (QED) is 0.187. The van der Waals surface area contributed by atoms with E-state index in [2.05, 4.69) is 66.7 Å². The summed E-state index contributed by atoms with van der Waals surface area (Å²) in [5.41, 5.74) is 10.2. The van der Waals surface area contributed by atoms with Gasteiger partial charge in [0.05, 0.1) is 0 Å². The van der Waals surface area contributed by atoms with Crippen LogP contribution in [0, 0.1) is 0 Å². The van der Waals surface area contributed by atoms with Gasteiger partial charge in [-0.15, -0.1) is 0 Å².